The minimum Gasteiger partial charge on any atom is -0.394 e. The number of aliphatic hydroxyl groups excluding tert-OH is 2. The molecular weight excluding hydrogens is 254 g/mol. The van der Waals surface area contributed by atoms with Crippen molar-refractivity contribution in [1.82, 2.24) is 5.32 Å². The standard InChI is InChI=1S/C15H23NO2Si/c1-19(2,3)9-8-13-4-6-14(7-5-13)10-16-11-15(18)12-17/h4-7,15-18H,10-12H2,1-3H3. The average molecular weight is 277 g/mol. The number of aliphatic hydroxyl groups is 2. The fourth-order valence-electron chi connectivity index (χ4n) is 1.41. The molecular formula is C15H23NO2Si. The predicted octanol–water partition coefficient (Wildman–Crippen LogP) is 1.36. The highest BCUT2D eigenvalue weighted by Gasteiger charge is 2.07. The third-order valence-electron chi connectivity index (χ3n) is 2.46. The van der Waals surface area contributed by atoms with Crippen molar-refractivity contribution in [2.75, 3.05) is 13.2 Å². The predicted molar refractivity (Wildman–Crippen MR) is 81.5 cm³/mol. The zero-order chi connectivity index (χ0) is 14.3. The van der Waals surface area contributed by atoms with Crippen LogP contribution in [0.15, 0.2) is 24.3 Å². The molecule has 3 N–H and O–H groups in total. The van der Waals surface area contributed by atoms with Gasteiger partial charge in [0.25, 0.3) is 0 Å². The molecule has 0 aliphatic rings. The van der Waals surface area contributed by atoms with E-state index in [1.807, 2.05) is 24.3 Å². The SMILES string of the molecule is C[Si](C)(C)C#Cc1ccc(CNCC(O)CO)cc1. The average Bonchev–Trinajstić information content (AvgIpc) is 2.36. The Morgan fingerprint density at radius 3 is 2.37 bits per heavy atom. The first-order valence-corrected chi connectivity index (χ1v) is 10.0. The molecule has 0 saturated heterocycles. The summed E-state index contributed by atoms with van der Waals surface area (Å²) < 4.78 is 0. The highest BCUT2D eigenvalue weighted by molar-refractivity contribution is 6.83. The van der Waals surface area contributed by atoms with Crippen LogP contribution in [0.1, 0.15) is 11.1 Å². The van der Waals surface area contributed by atoms with Crippen LogP contribution in [0.4, 0.5) is 0 Å². The molecule has 0 radical (unpaired) electrons. The van der Waals surface area contributed by atoms with Crippen molar-refractivity contribution in [3.8, 4) is 11.5 Å². The third-order valence-corrected chi connectivity index (χ3v) is 3.33. The van der Waals surface area contributed by atoms with E-state index in [2.05, 4.69) is 36.4 Å². The number of hydrogen-bond donors (Lipinski definition) is 3. The van der Waals surface area contributed by atoms with Crippen LogP contribution in [-0.2, 0) is 6.54 Å². The molecule has 0 fully saturated rings. The van der Waals surface area contributed by atoms with Crippen LogP contribution < -0.4 is 5.32 Å². The molecule has 0 saturated carbocycles. The Hall–Kier alpha value is -1.12. The Balaban J connectivity index is 2.50. The fraction of sp³-hybridized carbons (Fsp3) is 0.467. The van der Waals surface area contributed by atoms with E-state index in [-0.39, 0.29) is 6.61 Å². The fourth-order valence-corrected chi connectivity index (χ4v) is 1.93. The molecule has 1 unspecified atom stereocenters. The van der Waals surface area contributed by atoms with Crippen LogP contribution in [0.5, 0.6) is 0 Å². The van der Waals surface area contributed by atoms with Gasteiger partial charge in [-0.3, -0.25) is 0 Å². The number of nitrogens with one attached hydrogen (secondary N) is 1. The van der Waals surface area contributed by atoms with Crippen molar-refractivity contribution in [3.63, 3.8) is 0 Å². The van der Waals surface area contributed by atoms with Gasteiger partial charge in [-0.1, -0.05) is 37.7 Å². The molecule has 19 heavy (non-hydrogen) atoms. The molecule has 0 aliphatic carbocycles. The molecule has 1 aromatic carbocycles. The third kappa shape index (κ3) is 7.14. The summed E-state index contributed by atoms with van der Waals surface area (Å²) in [6.45, 7) is 7.55. The Morgan fingerprint density at radius 2 is 1.84 bits per heavy atom. The van der Waals surface area contributed by atoms with E-state index in [0.717, 1.165) is 11.1 Å². The monoisotopic (exact) mass is 277 g/mol. The molecule has 3 nitrogen and oxygen atoms in total. The van der Waals surface area contributed by atoms with Crippen LogP contribution in [0.3, 0.4) is 0 Å². The molecule has 0 heterocycles. The molecule has 0 aromatic heterocycles. The van der Waals surface area contributed by atoms with Gasteiger partial charge in [0, 0.05) is 18.7 Å². The van der Waals surface area contributed by atoms with Gasteiger partial charge in [-0.15, -0.1) is 5.54 Å². The second-order valence-corrected chi connectivity index (χ2v) is 10.4. The summed E-state index contributed by atoms with van der Waals surface area (Å²) in [6.07, 6.45) is -0.693. The molecule has 1 aromatic rings. The summed E-state index contributed by atoms with van der Waals surface area (Å²) in [4.78, 5) is 0. The van der Waals surface area contributed by atoms with E-state index in [1.54, 1.807) is 0 Å². The zero-order valence-electron chi connectivity index (χ0n) is 11.9. The second kappa shape index (κ2) is 7.46. The summed E-state index contributed by atoms with van der Waals surface area (Å²) in [7, 11) is -1.32. The van der Waals surface area contributed by atoms with E-state index in [9.17, 15) is 5.11 Å². The molecule has 104 valence electrons. The zero-order valence-corrected chi connectivity index (χ0v) is 12.9. The maximum Gasteiger partial charge on any atom is 0.129 e. The largest absolute Gasteiger partial charge is 0.394 e. The molecule has 0 amide bonds. The van der Waals surface area contributed by atoms with Crippen LogP contribution in [0.2, 0.25) is 19.6 Å². The van der Waals surface area contributed by atoms with Gasteiger partial charge in [0.15, 0.2) is 0 Å². The Morgan fingerprint density at radius 1 is 1.21 bits per heavy atom. The maximum atomic E-state index is 9.20. The van der Waals surface area contributed by atoms with Crippen LogP contribution in [0, 0.1) is 11.5 Å². The summed E-state index contributed by atoms with van der Waals surface area (Å²) in [5.41, 5.74) is 5.52. The summed E-state index contributed by atoms with van der Waals surface area (Å²) in [5, 5.41) is 21.0. The van der Waals surface area contributed by atoms with Gasteiger partial charge in [0.2, 0.25) is 0 Å². The number of hydrogen-bond acceptors (Lipinski definition) is 3. The minimum atomic E-state index is -1.32. The van der Waals surface area contributed by atoms with Crippen LogP contribution >= 0.6 is 0 Å². The summed E-state index contributed by atoms with van der Waals surface area (Å²) in [5.74, 6) is 3.21. The van der Waals surface area contributed by atoms with Gasteiger partial charge in [-0.05, 0) is 17.7 Å². The van der Waals surface area contributed by atoms with Crippen molar-refractivity contribution in [3.05, 3.63) is 35.4 Å². The Kier molecular flexibility index (Phi) is 6.26. The lowest BCUT2D eigenvalue weighted by molar-refractivity contribution is 0.0942. The first-order chi connectivity index (χ1) is 8.90. The Bertz CT molecular complexity index is 440. The molecule has 0 aliphatic heterocycles. The van der Waals surface area contributed by atoms with Gasteiger partial charge >= 0.3 is 0 Å². The maximum absolute atomic E-state index is 9.20. The van der Waals surface area contributed by atoms with Crippen molar-refractivity contribution < 1.29 is 10.2 Å². The van der Waals surface area contributed by atoms with Crippen LogP contribution in [-0.4, -0.2) is 37.5 Å². The molecule has 1 rings (SSSR count). The number of benzene rings is 1. The van der Waals surface area contributed by atoms with E-state index < -0.39 is 14.2 Å². The first-order valence-electron chi connectivity index (χ1n) is 6.52. The molecule has 1 atom stereocenters. The lowest BCUT2D eigenvalue weighted by Crippen LogP contribution is -2.28. The Labute approximate surface area is 116 Å². The topological polar surface area (TPSA) is 52.5 Å². The highest BCUT2D eigenvalue weighted by Crippen LogP contribution is 2.04. The summed E-state index contributed by atoms with van der Waals surface area (Å²) >= 11 is 0. The van der Waals surface area contributed by atoms with Gasteiger partial charge in [-0.2, -0.15) is 0 Å². The molecule has 4 heteroatoms. The smallest absolute Gasteiger partial charge is 0.129 e. The quantitative estimate of drug-likeness (QED) is 0.563. The van der Waals surface area contributed by atoms with Crippen molar-refractivity contribution in [1.29, 1.82) is 0 Å². The van der Waals surface area contributed by atoms with Crippen molar-refractivity contribution in [2.45, 2.75) is 32.3 Å². The lowest BCUT2D eigenvalue weighted by atomic mass is 10.1. The first kappa shape index (κ1) is 15.9. The second-order valence-electron chi connectivity index (χ2n) is 5.66. The van der Waals surface area contributed by atoms with Gasteiger partial charge in [0.1, 0.15) is 8.07 Å². The van der Waals surface area contributed by atoms with Gasteiger partial charge in [-0.25, -0.2) is 0 Å². The van der Waals surface area contributed by atoms with E-state index in [0.29, 0.717) is 13.1 Å². The van der Waals surface area contributed by atoms with Crippen molar-refractivity contribution >= 4 is 8.07 Å². The molecule has 0 bridgehead atoms. The van der Waals surface area contributed by atoms with E-state index in [4.69, 9.17) is 5.11 Å². The highest BCUT2D eigenvalue weighted by atomic mass is 28.3. The minimum absolute atomic E-state index is 0.210. The number of rotatable bonds is 5. The summed E-state index contributed by atoms with van der Waals surface area (Å²) in [6, 6.07) is 8.11. The molecule has 0 spiro atoms. The lowest BCUT2D eigenvalue weighted by Gasteiger charge is -2.08. The van der Waals surface area contributed by atoms with Gasteiger partial charge < -0.3 is 15.5 Å². The van der Waals surface area contributed by atoms with Crippen LogP contribution in [0.25, 0.3) is 0 Å². The van der Waals surface area contributed by atoms with Gasteiger partial charge in [0.05, 0.1) is 12.7 Å². The van der Waals surface area contributed by atoms with E-state index in [1.165, 1.54) is 0 Å². The normalized spacial score (nSPS) is 12.7. The van der Waals surface area contributed by atoms with Crippen molar-refractivity contribution in [2.24, 2.45) is 0 Å². The van der Waals surface area contributed by atoms with E-state index >= 15 is 0 Å².